The van der Waals surface area contributed by atoms with E-state index in [2.05, 4.69) is 20.8 Å². The zero-order chi connectivity index (χ0) is 11.5. The van der Waals surface area contributed by atoms with Crippen LogP contribution < -0.4 is 0 Å². The Hall–Kier alpha value is 0.150. The molecule has 0 spiro atoms. The first-order chi connectivity index (χ1) is 6.67. The number of hydrogen-bond donors (Lipinski definition) is 1. The van der Waals surface area contributed by atoms with Gasteiger partial charge >= 0.3 is 7.60 Å². The smallest absolute Gasteiger partial charge is 0.324 e. The fourth-order valence-electron chi connectivity index (χ4n) is 3.53. The van der Waals surface area contributed by atoms with Gasteiger partial charge in [0, 0.05) is 6.66 Å². The second-order valence-electron chi connectivity index (χ2n) is 6.01. The van der Waals surface area contributed by atoms with E-state index in [1.54, 1.807) is 0 Å². The van der Waals surface area contributed by atoms with Crippen LogP contribution in [0.3, 0.4) is 0 Å². The summed E-state index contributed by atoms with van der Waals surface area (Å²) in [7, 11) is -3.34. The molecule has 3 nitrogen and oxygen atoms in total. The topological polar surface area (TPSA) is 46.5 Å². The van der Waals surface area contributed by atoms with E-state index < -0.39 is 7.60 Å². The molecule has 4 atom stereocenters. The molecule has 0 aromatic rings. The summed E-state index contributed by atoms with van der Waals surface area (Å²) in [4.78, 5) is 9.32. The van der Waals surface area contributed by atoms with Crippen LogP contribution in [-0.2, 0) is 9.09 Å². The minimum absolute atomic E-state index is 0.0351. The number of hydrogen-bond acceptors (Lipinski definition) is 2. The summed E-state index contributed by atoms with van der Waals surface area (Å²) in [6.07, 6.45) is 3.27. The van der Waals surface area contributed by atoms with E-state index in [1.165, 1.54) is 13.1 Å². The van der Waals surface area contributed by atoms with E-state index in [1.807, 2.05) is 0 Å². The predicted molar refractivity (Wildman–Crippen MR) is 59.9 cm³/mol. The molecule has 2 saturated carbocycles. The van der Waals surface area contributed by atoms with Gasteiger partial charge in [-0.25, -0.2) is 0 Å². The van der Waals surface area contributed by atoms with Crippen LogP contribution in [-0.4, -0.2) is 17.7 Å². The van der Waals surface area contributed by atoms with Crippen molar-refractivity contribution in [3.63, 3.8) is 0 Å². The molecule has 0 amide bonds. The largest absolute Gasteiger partial charge is 0.325 e. The van der Waals surface area contributed by atoms with Gasteiger partial charge in [0.1, 0.15) is 0 Å². The van der Waals surface area contributed by atoms with Crippen LogP contribution in [0.4, 0.5) is 0 Å². The van der Waals surface area contributed by atoms with Crippen LogP contribution in [0.5, 0.6) is 0 Å². The number of fused-ring (bicyclic) bond motifs is 2. The molecule has 2 aliphatic rings. The van der Waals surface area contributed by atoms with Crippen molar-refractivity contribution in [3.05, 3.63) is 0 Å². The molecule has 0 aromatic heterocycles. The summed E-state index contributed by atoms with van der Waals surface area (Å²) in [5.74, 6) is 0.652. The summed E-state index contributed by atoms with van der Waals surface area (Å²) in [5, 5.41) is 0. The molecular weight excluding hydrogens is 211 g/mol. The van der Waals surface area contributed by atoms with Gasteiger partial charge in [0.25, 0.3) is 0 Å². The van der Waals surface area contributed by atoms with Gasteiger partial charge in [-0.05, 0) is 36.0 Å². The summed E-state index contributed by atoms with van der Waals surface area (Å²) < 4.78 is 16.7. The van der Waals surface area contributed by atoms with Gasteiger partial charge in [-0.15, -0.1) is 0 Å². The summed E-state index contributed by atoms with van der Waals surface area (Å²) in [6, 6.07) is 0. The lowest BCUT2D eigenvalue weighted by atomic mass is 9.70. The lowest BCUT2D eigenvalue weighted by Gasteiger charge is -2.39. The Morgan fingerprint density at radius 1 is 1.40 bits per heavy atom. The Morgan fingerprint density at radius 3 is 2.33 bits per heavy atom. The first-order valence-corrected chi connectivity index (χ1v) is 7.68. The molecule has 2 fully saturated rings. The molecular formula is C11H21O3P. The average Bonchev–Trinajstić information content (AvgIpc) is 2.34. The SMILES string of the molecule is CC1(C)[C@H]2CC[C@]1(C)[C@H](OP(C)(=O)O)C2. The maximum atomic E-state index is 11.3. The number of rotatable bonds is 2. The van der Waals surface area contributed by atoms with Gasteiger partial charge in [-0.2, -0.15) is 0 Å². The molecule has 4 heteroatoms. The van der Waals surface area contributed by atoms with E-state index in [0.717, 1.165) is 12.8 Å². The molecule has 0 heterocycles. The van der Waals surface area contributed by atoms with Gasteiger partial charge in [0.2, 0.25) is 0 Å². The van der Waals surface area contributed by atoms with Crippen molar-refractivity contribution < 1.29 is 14.0 Å². The van der Waals surface area contributed by atoms with Gasteiger partial charge in [0.15, 0.2) is 0 Å². The van der Waals surface area contributed by atoms with Crippen LogP contribution in [0.15, 0.2) is 0 Å². The zero-order valence-electron chi connectivity index (χ0n) is 9.99. The van der Waals surface area contributed by atoms with Gasteiger partial charge < -0.3 is 9.42 Å². The third kappa shape index (κ3) is 1.60. The van der Waals surface area contributed by atoms with E-state index in [9.17, 15) is 9.46 Å². The Bertz CT molecular complexity index is 320. The first-order valence-electron chi connectivity index (χ1n) is 5.65. The van der Waals surface area contributed by atoms with Gasteiger partial charge in [0.05, 0.1) is 6.10 Å². The second kappa shape index (κ2) is 3.09. The van der Waals surface area contributed by atoms with Crippen LogP contribution in [0, 0.1) is 16.7 Å². The normalized spacial score (nSPS) is 46.7. The van der Waals surface area contributed by atoms with Crippen molar-refractivity contribution in [2.75, 3.05) is 6.66 Å². The van der Waals surface area contributed by atoms with E-state index in [-0.39, 0.29) is 16.9 Å². The summed E-state index contributed by atoms with van der Waals surface area (Å²) in [6.45, 7) is 8.04. The van der Waals surface area contributed by atoms with Crippen molar-refractivity contribution >= 4 is 7.60 Å². The molecule has 0 aliphatic heterocycles. The Balaban J connectivity index is 2.23. The molecule has 1 N–H and O–H groups in total. The maximum Gasteiger partial charge on any atom is 0.325 e. The Labute approximate surface area is 91.7 Å². The van der Waals surface area contributed by atoms with Crippen molar-refractivity contribution in [3.8, 4) is 0 Å². The highest BCUT2D eigenvalue weighted by atomic mass is 31.2. The maximum absolute atomic E-state index is 11.3. The standard InChI is InChI=1S/C11H21O3P/c1-10(2)8-5-6-11(10,3)9(7-8)14-15(4,12)13/h8-9H,5-7H2,1-4H3,(H,12,13)/t8-,9+,11+/m0/s1. The molecule has 2 aliphatic carbocycles. The molecule has 0 radical (unpaired) electrons. The molecule has 1 unspecified atom stereocenters. The predicted octanol–water partition coefficient (Wildman–Crippen LogP) is 3.03. The zero-order valence-corrected chi connectivity index (χ0v) is 10.9. The minimum atomic E-state index is -3.34. The fraction of sp³-hybridized carbons (Fsp3) is 1.00. The van der Waals surface area contributed by atoms with E-state index in [4.69, 9.17) is 4.52 Å². The Morgan fingerprint density at radius 2 is 2.00 bits per heavy atom. The fourth-order valence-corrected chi connectivity index (χ4v) is 4.32. The minimum Gasteiger partial charge on any atom is -0.324 e. The van der Waals surface area contributed by atoms with E-state index in [0.29, 0.717) is 5.92 Å². The molecule has 2 bridgehead atoms. The van der Waals surface area contributed by atoms with Gasteiger partial charge in [-0.3, -0.25) is 4.57 Å². The van der Waals surface area contributed by atoms with E-state index >= 15 is 0 Å². The average molecular weight is 232 g/mol. The lowest BCUT2D eigenvalue weighted by Crippen LogP contribution is -2.36. The highest BCUT2D eigenvalue weighted by molar-refractivity contribution is 7.51. The molecule has 0 saturated heterocycles. The van der Waals surface area contributed by atoms with Crippen molar-refractivity contribution in [1.82, 2.24) is 0 Å². The Kier molecular flexibility index (Phi) is 2.39. The van der Waals surface area contributed by atoms with Crippen LogP contribution in [0.2, 0.25) is 0 Å². The molecule has 0 aromatic carbocycles. The quantitative estimate of drug-likeness (QED) is 0.744. The van der Waals surface area contributed by atoms with Gasteiger partial charge in [-0.1, -0.05) is 20.8 Å². The molecule has 2 rings (SSSR count). The summed E-state index contributed by atoms with van der Waals surface area (Å²) in [5.41, 5.74) is 0.318. The van der Waals surface area contributed by atoms with Crippen molar-refractivity contribution in [2.45, 2.75) is 46.1 Å². The van der Waals surface area contributed by atoms with Crippen LogP contribution in [0.1, 0.15) is 40.0 Å². The molecule has 15 heavy (non-hydrogen) atoms. The van der Waals surface area contributed by atoms with Crippen molar-refractivity contribution in [1.29, 1.82) is 0 Å². The third-order valence-corrected chi connectivity index (χ3v) is 5.68. The monoisotopic (exact) mass is 232 g/mol. The first kappa shape index (κ1) is 11.6. The van der Waals surface area contributed by atoms with Crippen LogP contribution >= 0.6 is 7.60 Å². The highest BCUT2D eigenvalue weighted by Crippen LogP contribution is 2.67. The lowest BCUT2D eigenvalue weighted by molar-refractivity contribution is 0.0243. The van der Waals surface area contributed by atoms with Crippen LogP contribution in [0.25, 0.3) is 0 Å². The molecule has 88 valence electrons. The highest BCUT2D eigenvalue weighted by Gasteiger charge is 2.62. The third-order valence-electron chi connectivity index (χ3n) is 5.04. The second-order valence-corrected chi connectivity index (χ2v) is 7.82. The summed E-state index contributed by atoms with van der Waals surface area (Å²) >= 11 is 0. The van der Waals surface area contributed by atoms with Crippen molar-refractivity contribution in [2.24, 2.45) is 16.7 Å².